The highest BCUT2D eigenvalue weighted by molar-refractivity contribution is 6.08. The van der Waals surface area contributed by atoms with Gasteiger partial charge in [-0.05, 0) is 99.9 Å². The van der Waals surface area contributed by atoms with Crippen molar-refractivity contribution in [1.82, 2.24) is 30.1 Å². The van der Waals surface area contributed by atoms with Crippen LogP contribution in [0.2, 0.25) is 0 Å². The summed E-state index contributed by atoms with van der Waals surface area (Å²) in [6.07, 6.45) is 16.9. The molecule has 5 aromatic rings. The molecule has 70 heavy (non-hydrogen) atoms. The van der Waals surface area contributed by atoms with E-state index in [0.717, 1.165) is 112 Å². The molecule has 2 aromatic heterocycles. The molecule has 1 aliphatic heterocycles. The number of aldehydes is 2. The molecular weight excluding hydrogens is 875 g/mol. The van der Waals surface area contributed by atoms with E-state index in [1.165, 1.54) is 25.6 Å². The van der Waals surface area contributed by atoms with Gasteiger partial charge in [0.15, 0.2) is 0 Å². The van der Waals surface area contributed by atoms with Crippen molar-refractivity contribution in [3.8, 4) is 46.1 Å². The number of nitrogen functional groups attached to an aromatic ring is 1. The van der Waals surface area contributed by atoms with Crippen molar-refractivity contribution in [2.24, 2.45) is 0 Å². The fourth-order valence-corrected chi connectivity index (χ4v) is 9.01. The summed E-state index contributed by atoms with van der Waals surface area (Å²) in [7, 11) is 3.75. The monoisotopic (exact) mass is 942 g/mol. The van der Waals surface area contributed by atoms with Crippen molar-refractivity contribution in [3.05, 3.63) is 125 Å². The summed E-state index contributed by atoms with van der Waals surface area (Å²) in [4.78, 5) is 58.6. The molecule has 0 saturated heterocycles. The molecule has 1 fully saturated rings. The fourth-order valence-electron chi connectivity index (χ4n) is 9.01. The van der Waals surface area contributed by atoms with Crippen molar-refractivity contribution in [2.75, 3.05) is 32.9 Å². The van der Waals surface area contributed by atoms with Crippen LogP contribution >= 0.6 is 0 Å². The van der Waals surface area contributed by atoms with Crippen LogP contribution in [0.5, 0.6) is 0 Å². The Bertz CT molecular complexity index is 2730. The van der Waals surface area contributed by atoms with E-state index in [1.54, 1.807) is 4.90 Å². The number of unbranched alkanes of at least 4 members (excludes halogenated alkanes) is 3. The quantitative estimate of drug-likeness (QED) is 0.0429. The van der Waals surface area contributed by atoms with Crippen LogP contribution in [0.15, 0.2) is 114 Å². The van der Waals surface area contributed by atoms with E-state index in [2.05, 4.69) is 80.3 Å². The number of aliphatic hydroxyl groups excluding tert-OH is 1. The molecule has 0 radical (unpaired) electrons. The average Bonchev–Trinajstić information content (AvgIpc) is 3.90. The summed E-state index contributed by atoms with van der Waals surface area (Å²) in [6.45, 7) is 1.50. The van der Waals surface area contributed by atoms with Crippen molar-refractivity contribution < 1.29 is 24.3 Å². The van der Waals surface area contributed by atoms with Crippen molar-refractivity contribution >= 4 is 41.2 Å². The Hall–Kier alpha value is -7.12. The minimum Gasteiger partial charge on any atom is -0.393 e. The number of amides is 2. The first-order valence-corrected chi connectivity index (χ1v) is 24.7. The van der Waals surface area contributed by atoms with Crippen LogP contribution in [-0.4, -0.2) is 88.3 Å². The van der Waals surface area contributed by atoms with Crippen LogP contribution in [0.1, 0.15) is 107 Å². The predicted octanol–water partition coefficient (Wildman–Crippen LogP) is 8.76. The lowest BCUT2D eigenvalue weighted by molar-refractivity contribution is -0.131. The molecule has 5 N–H and O–H groups in total. The van der Waals surface area contributed by atoms with Gasteiger partial charge < -0.3 is 40.5 Å². The van der Waals surface area contributed by atoms with Crippen LogP contribution in [-0.2, 0) is 25.7 Å². The first-order valence-electron chi connectivity index (χ1n) is 24.7. The lowest BCUT2D eigenvalue weighted by Crippen LogP contribution is -2.39. The fraction of sp³-hybridized carbons (Fsp3) is 0.379. The molecule has 364 valence electrons. The summed E-state index contributed by atoms with van der Waals surface area (Å²) in [5.74, 6) is 13.3. The number of nitrogens with two attached hydrogens (primary N) is 1. The van der Waals surface area contributed by atoms with E-state index in [0.29, 0.717) is 57.6 Å². The van der Waals surface area contributed by atoms with Gasteiger partial charge in [0.1, 0.15) is 30.4 Å². The maximum absolute atomic E-state index is 13.0. The molecule has 12 heteroatoms. The van der Waals surface area contributed by atoms with Gasteiger partial charge in [-0.3, -0.25) is 9.59 Å². The number of carbonyl (C=O) groups is 4. The number of hydrogen-bond donors (Lipinski definition) is 4. The van der Waals surface area contributed by atoms with Crippen molar-refractivity contribution in [2.45, 2.75) is 115 Å². The van der Waals surface area contributed by atoms with Crippen LogP contribution in [0, 0.1) is 23.7 Å². The largest absolute Gasteiger partial charge is 0.393 e. The highest BCUT2D eigenvalue weighted by atomic mass is 16.3. The molecule has 8 rings (SSSR count). The number of aromatic nitrogens is 3. The van der Waals surface area contributed by atoms with Crippen LogP contribution in [0.3, 0.4) is 0 Å². The number of aliphatic hydroxyl groups is 1. The van der Waals surface area contributed by atoms with Gasteiger partial charge in [-0.15, -0.1) is 0 Å². The SMILES string of the molecule is CNC.Nc1ncnc2c1c(-c1ccccc1)c(-c1ccccc1)n2Cc1cccc(C#CCCCCNC(=O)CCCC#CC2=CCCC3=C2CN(C(C=O)CCC=O)C3=O)c1.OC1CCCCC1. The Morgan fingerprint density at radius 3 is 2.30 bits per heavy atom. The zero-order valence-corrected chi connectivity index (χ0v) is 40.7. The van der Waals surface area contributed by atoms with E-state index in [1.807, 2.05) is 68.7 Å². The third-order valence-electron chi connectivity index (χ3n) is 12.5. The third-order valence-corrected chi connectivity index (χ3v) is 12.5. The lowest BCUT2D eigenvalue weighted by atomic mass is 9.93. The van der Waals surface area contributed by atoms with Gasteiger partial charge in [0.2, 0.25) is 5.91 Å². The average molecular weight is 942 g/mol. The molecule has 1 unspecified atom stereocenters. The number of fused-ring (bicyclic) bond motifs is 1. The van der Waals surface area contributed by atoms with E-state index in [4.69, 9.17) is 15.8 Å². The molecule has 1 saturated carbocycles. The van der Waals surface area contributed by atoms with E-state index < -0.39 is 6.04 Å². The molecule has 0 spiro atoms. The molecule has 2 amide bonds. The number of nitrogens with one attached hydrogen (secondary N) is 2. The highest BCUT2D eigenvalue weighted by Crippen LogP contribution is 2.42. The number of carbonyl (C=O) groups excluding carboxylic acids is 4. The number of benzene rings is 3. The summed E-state index contributed by atoms with van der Waals surface area (Å²) < 4.78 is 2.22. The summed E-state index contributed by atoms with van der Waals surface area (Å²) in [5.41, 5.74) is 15.9. The van der Waals surface area contributed by atoms with E-state index >= 15 is 0 Å². The molecule has 3 heterocycles. The second-order valence-corrected chi connectivity index (χ2v) is 17.7. The van der Waals surface area contributed by atoms with Crippen LogP contribution < -0.4 is 16.4 Å². The number of anilines is 1. The molecule has 12 nitrogen and oxygen atoms in total. The first-order chi connectivity index (χ1) is 34.3. The number of allylic oxidation sites excluding steroid dienone is 1. The zero-order chi connectivity index (χ0) is 49.5. The third kappa shape index (κ3) is 14.5. The van der Waals surface area contributed by atoms with Gasteiger partial charge in [-0.1, -0.05) is 122 Å². The number of nitrogens with zero attached hydrogens (tertiary/aromatic N) is 4. The van der Waals surface area contributed by atoms with Crippen molar-refractivity contribution in [1.29, 1.82) is 0 Å². The van der Waals surface area contributed by atoms with Gasteiger partial charge in [-0.2, -0.15) is 0 Å². The maximum Gasteiger partial charge on any atom is 0.251 e. The molecule has 0 bridgehead atoms. The second kappa shape index (κ2) is 27.8. The minimum atomic E-state index is -0.608. The molecule has 1 atom stereocenters. The highest BCUT2D eigenvalue weighted by Gasteiger charge is 2.36. The minimum absolute atomic E-state index is 0.00441. The number of rotatable bonds is 16. The second-order valence-electron chi connectivity index (χ2n) is 17.7. The zero-order valence-electron chi connectivity index (χ0n) is 40.7. The van der Waals surface area contributed by atoms with Gasteiger partial charge in [0.05, 0.1) is 23.2 Å². The predicted molar refractivity (Wildman–Crippen MR) is 279 cm³/mol. The summed E-state index contributed by atoms with van der Waals surface area (Å²) in [5, 5.41) is 15.5. The first kappa shape index (κ1) is 52.3. The Balaban J connectivity index is 0.000000722. The molecule has 3 aromatic carbocycles. The van der Waals surface area contributed by atoms with Gasteiger partial charge in [0.25, 0.3) is 5.91 Å². The molecule has 3 aliphatic rings. The summed E-state index contributed by atoms with van der Waals surface area (Å²) in [6, 6.07) is 28.2. The Kier molecular flexibility index (Phi) is 20.7. The number of hydrogen-bond acceptors (Lipinski definition) is 9. The normalized spacial score (nSPS) is 14.6. The Morgan fingerprint density at radius 1 is 0.886 bits per heavy atom. The van der Waals surface area contributed by atoms with Crippen LogP contribution in [0.25, 0.3) is 33.4 Å². The Labute approximate surface area is 413 Å². The van der Waals surface area contributed by atoms with Gasteiger partial charge in [-0.25, -0.2) is 9.97 Å². The van der Waals surface area contributed by atoms with E-state index in [-0.39, 0.29) is 24.3 Å². The van der Waals surface area contributed by atoms with Crippen molar-refractivity contribution in [3.63, 3.8) is 0 Å². The van der Waals surface area contributed by atoms with E-state index in [9.17, 15) is 19.2 Å². The molecule has 2 aliphatic carbocycles. The van der Waals surface area contributed by atoms with Crippen LogP contribution in [0.4, 0.5) is 5.82 Å². The smallest absolute Gasteiger partial charge is 0.251 e. The summed E-state index contributed by atoms with van der Waals surface area (Å²) >= 11 is 0. The van der Waals surface area contributed by atoms with Gasteiger partial charge >= 0.3 is 0 Å². The topological polar surface area (TPSA) is 173 Å². The maximum atomic E-state index is 13.0. The molecular formula is C58H67N7O5. The lowest BCUT2D eigenvalue weighted by Gasteiger charge is -2.23. The van der Waals surface area contributed by atoms with Gasteiger partial charge in [0, 0.05) is 67.6 Å². The standard InChI is InChI=1S/C50H48N6O4.C6H12O.C2H7N/c51-48-46-45(39-21-8-3-9-22-39)47(40-23-10-4-11-24-40)56(49(46)54-35-53-48)32-37-19-14-18-36(31-37)17-6-1-2-13-29-52-44(59)28-12-5-7-20-38-25-15-27-42-43(38)33-55(50(42)60)41(34-58)26-16-30-57;7-6-4-2-1-3-5-6;1-3-2/h3-4,8-11,14,18-19,21-25,30-31,34-35,41H,1-2,5,12-13,15-16,26-29,32-33H2,(H,52,59)(H2,51,53,54);6-7H,1-5H2;3H,1-2H3. The Morgan fingerprint density at radius 2 is 1.60 bits per heavy atom.